The lowest BCUT2D eigenvalue weighted by atomic mass is 10.1. The fourth-order valence-electron chi connectivity index (χ4n) is 3.24. The summed E-state index contributed by atoms with van der Waals surface area (Å²) >= 11 is 7.35. The van der Waals surface area contributed by atoms with Gasteiger partial charge in [0.2, 0.25) is 5.91 Å². The van der Waals surface area contributed by atoms with Crippen molar-refractivity contribution in [3.05, 3.63) is 57.1 Å². The maximum atomic E-state index is 13.3. The van der Waals surface area contributed by atoms with Crippen LogP contribution in [0.15, 0.2) is 36.4 Å². The van der Waals surface area contributed by atoms with E-state index in [4.69, 9.17) is 16.3 Å². The van der Waals surface area contributed by atoms with Gasteiger partial charge in [0.05, 0.1) is 21.4 Å². The number of rotatable bonds is 4. The molecule has 154 valence electrons. The maximum absolute atomic E-state index is 13.3. The van der Waals surface area contributed by atoms with Crippen molar-refractivity contribution in [3.63, 3.8) is 0 Å². The van der Waals surface area contributed by atoms with Crippen LogP contribution < -0.4 is 15.0 Å². The van der Waals surface area contributed by atoms with Crippen LogP contribution in [0.5, 0.6) is 5.75 Å². The van der Waals surface area contributed by atoms with E-state index in [-0.39, 0.29) is 24.1 Å². The zero-order chi connectivity index (χ0) is 21.4. The van der Waals surface area contributed by atoms with E-state index in [2.05, 4.69) is 10.3 Å². The number of anilines is 2. The number of hydrogen-bond donors (Lipinski definition) is 1. The molecule has 1 aliphatic heterocycles. The maximum Gasteiger partial charge on any atom is 0.265 e. The molecule has 0 unspecified atom stereocenters. The largest absolute Gasteiger partial charge is 0.482 e. The molecule has 0 spiro atoms. The highest BCUT2D eigenvalue weighted by Crippen LogP contribution is 2.37. The molecule has 1 N–H and O–H groups in total. The minimum absolute atomic E-state index is 0.0980. The first-order valence-electron chi connectivity index (χ1n) is 9.08. The van der Waals surface area contributed by atoms with Crippen molar-refractivity contribution in [2.75, 3.05) is 23.4 Å². The summed E-state index contributed by atoms with van der Waals surface area (Å²) in [6.07, 6.45) is 0. The quantitative estimate of drug-likeness (QED) is 0.638. The van der Waals surface area contributed by atoms with E-state index in [9.17, 15) is 14.0 Å². The number of thiazole rings is 1. The van der Waals surface area contributed by atoms with Gasteiger partial charge in [-0.05, 0) is 50.2 Å². The predicted octanol–water partition coefficient (Wildman–Crippen LogP) is 4.58. The van der Waals surface area contributed by atoms with Gasteiger partial charge in [-0.1, -0.05) is 11.6 Å². The van der Waals surface area contributed by atoms with Gasteiger partial charge >= 0.3 is 0 Å². The third-order valence-electron chi connectivity index (χ3n) is 4.58. The van der Waals surface area contributed by atoms with Crippen LogP contribution in [0, 0.1) is 19.7 Å². The number of ether oxygens (including phenoxy) is 1. The lowest BCUT2D eigenvalue weighted by Gasteiger charge is -2.29. The van der Waals surface area contributed by atoms with E-state index in [1.165, 1.54) is 17.0 Å². The molecule has 30 heavy (non-hydrogen) atoms. The Balaban J connectivity index is 1.60. The number of halogens is 2. The lowest BCUT2D eigenvalue weighted by molar-refractivity contribution is -0.123. The summed E-state index contributed by atoms with van der Waals surface area (Å²) in [7, 11) is 0. The van der Waals surface area contributed by atoms with Crippen LogP contribution in [0.3, 0.4) is 0 Å². The Bertz CT molecular complexity index is 1160. The van der Waals surface area contributed by atoms with Gasteiger partial charge in [0, 0.05) is 16.1 Å². The van der Waals surface area contributed by atoms with Crippen molar-refractivity contribution in [1.29, 1.82) is 0 Å². The molecule has 4 rings (SSSR count). The Morgan fingerprint density at radius 3 is 2.80 bits per heavy atom. The Morgan fingerprint density at radius 2 is 2.10 bits per heavy atom. The van der Waals surface area contributed by atoms with Gasteiger partial charge in [-0.2, -0.15) is 0 Å². The van der Waals surface area contributed by atoms with Gasteiger partial charge in [-0.3, -0.25) is 14.5 Å². The number of benzene rings is 2. The topological polar surface area (TPSA) is 71.5 Å². The Kier molecular flexibility index (Phi) is 5.44. The zero-order valence-corrected chi connectivity index (χ0v) is 17.7. The number of fused-ring (bicyclic) bond motifs is 1. The molecule has 0 bridgehead atoms. The molecule has 0 saturated carbocycles. The van der Waals surface area contributed by atoms with Crippen LogP contribution in [-0.4, -0.2) is 29.9 Å². The van der Waals surface area contributed by atoms with E-state index < -0.39 is 11.7 Å². The molecule has 0 atom stereocenters. The molecule has 0 saturated heterocycles. The molecule has 0 aliphatic carbocycles. The summed E-state index contributed by atoms with van der Waals surface area (Å²) in [5.41, 5.74) is 2.52. The first-order chi connectivity index (χ1) is 14.3. The predicted molar refractivity (Wildman–Crippen MR) is 115 cm³/mol. The summed E-state index contributed by atoms with van der Waals surface area (Å²) < 4.78 is 18.8. The molecule has 3 aromatic rings. The molecule has 2 heterocycles. The molecule has 2 amide bonds. The summed E-state index contributed by atoms with van der Waals surface area (Å²) in [4.78, 5) is 32.0. The number of aryl methyl sites for hydroxylation is 2. The van der Waals surface area contributed by atoms with E-state index in [0.717, 1.165) is 27.2 Å². The summed E-state index contributed by atoms with van der Waals surface area (Å²) in [5, 5.41) is 3.48. The minimum Gasteiger partial charge on any atom is -0.482 e. The number of carbonyl (C=O) groups excluding carboxylic acids is 2. The monoisotopic (exact) mass is 445 g/mol. The number of nitrogens with zero attached hydrogens (tertiary/aromatic N) is 2. The van der Waals surface area contributed by atoms with Gasteiger partial charge in [-0.25, -0.2) is 9.37 Å². The van der Waals surface area contributed by atoms with E-state index in [1.54, 1.807) is 23.5 Å². The summed E-state index contributed by atoms with van der Waals surface area (Å²) in [5.74, 6) is -0.837. The van der Waals surface area contributed by atoms with Gasteiger partial charge in [-0.15, -0.1) is 11.3 Å². The van der Waals surface area contributed by atoms with Gasteiger partial charge in [0.1, 0.15) is 18.1 Å². The zero-order valence-electron chi connectivity index (χ0n) is 16.2. The molecular weight excluding hydrogens is 429 g/mol. The van der Waals surface area contributed by atoms with Crippen LogP contribution >= 0.6 is 22.9 Å². The molecule has 6 nitrogen and oxygen atoms in total. The van der Waals surface area contributed by atoms with Crippen LogP contribution in [0.25, 0.3) is 11.3 Å². The number of nitrogens with one attached hydrogen (secondary N) is 1. The molecule has 9 heteroatoms. The molecule has 1 aromatic heterocycles. The van der Waals surface area contributed by atoms with Crippen molar-refractivity contribution in [3.8, 4) is 17.0 Å². The Hall–Kier alpha value is -2.97. The van der Waals surface area contributed by atoms with Gasteiger partial charge in [0.25, 0.3) is 5.91 Å². The van der Waals surface area contributed by atoms with Gasteiger partial charge < -0.3 is 10.1 Å². The highest BCUT2D eigenvalue weighted by Gasteiger charge is 2.28. The Labute approximate surface area is 181 Å². The second-order valence-corrected chi connectivity index (χ2v) is 8.58. The van der Waals surface area contributed by atoms with Crippen molar-refractivity contribution >= 4 is 46.1 Å². The number of aromatic nitrogens is 1. The smallest absolute Gasteiger partial charge is 0.265 e. The normalized spacial score (nSPS) is 13.1. The third kappa shape index (κ3) is 4.01. The highest BCUT2D eigenvalue weighted by atomic mass is 35.5. The van der Waals surface area contributed by atoms with E-state index in [0.29, 0.717) is 17.1 Å². The fourth-order valence-corrected chi connectivity index (χ4v) is 4.26. The lowest BCUT2D eigenvalue weighted by Crippen LogP contribution is -2.43. The second-order valence-electron chi connectivity index (χ2n) is 6.77. The van der Waals surface area contributed by atoms with Crippen molar-refractivity contribution < 1.29 is 18.7 Å². The summed E-state index contributed by atoms with van der Waals surface area (Å²) in [6.45, 7) is 3.55. The first-order valence-corrected chi connectivity index (χ1v) is 10.3. The summed E-state index contributed by atoms with van der Waals surface area (Å²) in [6, 6.07) is 9.34. The molecular formula is C21H17ClFN3O3S. The number of amides is 2. The first kappa shape index (κ1) is 20.3. The van der Waals surface area contributed by atoms with Crippen LogP contribution in [-0.2, 0) is 9.59 Å². The van der Waals surface area contributed by atoms with Crippen molar-refractivity contribution in [2.24, 2.45) is 0 Å². The molecule has 1 aliphatic rings. The van der Waals surface area contributed by atoms with Crippen molar-refractivity contribution in [2.45, 2.75) is 13.8 Å². The van der Waals surface area contributed by atoms with Crippen LogP contribution in [0.4, 0.5) is 15.8 Å². The average Bonchev–Trinajstić information content (AvgIpc) is 3.04. The number of carbonyl (C=O) groups is 2. The molecule has 2 aromatic carbocycles. The second kappa shape index (κ2) is 8.04. The SMILES string of the molecule is Cc1nc(-c2ccc3c(c2)N(CC(=O)Nc2ccc(F)c(Cl)c2)C(=O)CO3)c(C)s1. The van der Waals surface area contributed by atoms with Crippen LogP contribution in [0.2, 0.25) is 5.02 Å². The van der Waals surface area contributed by atoms with Gasteiger partial charge in [0.15, 0.2) is 6.61 Å². The van der Waals surface area contributed by atoms with E-state index >= 15 is 0 Å². The van der Waals surface area contributed by atoms with Crippen molar-refractivity contribution in [1.82, 2.24) is 4.98 Å². The standard InChI is InChI=1S/C21H17ClFN3O3S/c1-11-21(24-12(2)30-11)13-3-6-18-17(7-13)26(20(28)10-29-18)9-19(27)25-14-4-5-16(23)15(22)8-14/h3-8H,9-10H2,1-2H3,(H,25,27). The minimum atomic E-state index is -0.577. The highest BCUT2D eigenvalue weighted by molar-refractivity contribution is 7.11. The number of hydrogen-bond acceptors (Lipinski definition) is 5. The van der Waals surface area contributed by atoms with Crippen LogP contribution in [0.1, 0.15) is 9.88 Å². The molecule has 0 radical (unpaired) electrons. The van der Waals surface area contributed by atoms with E-state index in [1.807, 2.05) is 19.9 Å². The Morgan fingerprint density at radius 1 is 1.30 bits per heavy atom. The third-order valence-corrected chi connectivity index (χ3v) is 5.76. The molecule has 0 fully saturated rings. The average molecular weight is 446 g/mol. The fraction of sp³-hybridized carbons (Fsp3) is 0.190.